The minimum atomic E-state index is -1.11. The van der Waals surface area contributed by atoms with Gasteiger partial charge in [-0.15, -0.1) is 0 Å². The molecule has 8 nitrogen and oxygen atoms in total. The van der Waals surface area contributed by atoms with Crippen molar-refractivity contribution in [3.63, 3.8) is 0 Å². The van der Waals surface area contributed by atoms with Crippen molar-refractivity contribution in [1.29, 1.82) is 0 Å². The van der Waals surface area contributed by atoms with Crippen LogP contribution in [0.15, 0.2) is 35.6 Å². The van der Waals surface area contributed by atoms with Gasteiger partial charge in [-0.3, -0.25) is 9.55 Å². The predicted octanol–water partition coefficient (Wildman–Crippen LogP) is 6.43. The zero-order valence-electron chi connectivity index (χ0n) is 20.9. The van der Waals surface area contributed by atoms with Crippen LogP contribution in [0.3, 0.4) is 0 Å². The van der Waals surface area contributed by atoms with Crippen LogP contribution in [0.4, 0.5) is 0 Å². The lowest BCUT2D eigenvalue weighted by Crippen LogP contribution is -2.22. The summed E-state index contributed by atoms with van der Waals surface area (Å²) >= 11 is 12.1. The smallest absolute Gasteiger partial charge is 0.339 e. The third kappa shape index (κ3) is 8.13. The summed E-state index contributed by atoms with van der Waals surface area (Å²) in [5, 5.41) is 2.08. The summed E-state index contributed by atoms with van der Waals surface area (Å²) in [7, 11) is 1.58. The first kappa shape index (κ1) is 30.5. The predicted molar refractivity (Wildman–Crippen MR) is 150 cm³/mol. The second kappa shape index (κ2) is 13.2. The number of allylic oxidation sites excluding steroid dienone is 1. The number of methoxy groups -OCH3 is 2. The van der Waals surface area contributed by atoms with E-state index in [1.807, 2.05) is 6.08 Å². The van der Waals surface area contributed by atoms with Gasteiger partial charge in [0.1, 0.15) is 17.5 Å². The maximum absolute atomic E-state index is 11.5. The van der Waals surface area contributed by atoms with Crippen LogP contribution >= 0.6 is 23.2 Å². The summed E-state index contributed by atoms with van der Waals surface area (Å²) in [5.74, 6) is -0.790. The Bertz CT molecular complexity index is 1300. The molecule has 0 spiro atoms. The second-order valence-electron chi connectivity index (χ2n) is 9.39. The number of ether oxygens (including phenoxy) is 3. The highest BCUT2D eigenvalue weighted by atomic mass is 35.5. The van der Waals surface area contributed by atoms with Crippen molar-refractivity contribution < 1.29 is 23.8 Å². The number of carbonyl (C=O) groups is 2. The third-order valence-corrected chi connectivity index (χ3v) is 7.65. The van der Waals surface area contributed by atoms with Crippen LogP contribution in [0.5, 0.6) is 0 Å². The van der Waals surface area contributed by atoms with E-state index in [1.165, 1.54) is 26.6 Å². The maximum atomic E-state index is 11.5. The molecule has 0 aromatic carbocycles. The molecule has 11 heteroatoms. The van der Waals surface area contributed by atoms with Gasteiger partial charge in [-0.25, -0.2) is 14.6 Å². The van der Waals surface area contributed by atoms with Gasteiger partial charge in [-0.1, -0.05) is 50.3 Å². The molecule has 1 aliphatic carbocycles. The van der Waals surface area contributed by atoms with Gasteiger partial charge in [-0.2, -0.15) is 0 Å². The summed E-state index contributed by atoms with van der Waals surface area (Å²) in [6.07, 6.45) is 5.46. The zero-order valence-corrected chi connectivity index (χ0v) is 23.4. The minimum absolute atomic E-state index is 0. The average molecular weight is 567 g/mol. The molecule has 3 aromatic rings. The molecule has 0 fully saturated rings. The molecule has 0 amide bonds. The van der Waals surface area contributed by atoms with E-state index in [9.17, 15) is 9.59 Å². The number of hydrogen-bond acceptors (Lipinski definition) is 7. The molecule has 0 aliphatic heterocycles. The van der Waals surface area contributed by atoms with Gasteiger partial charge in [0.15, 0.2) is 0 Å². The number of carbonyl (C=O) groups excluding carboxylic acids is 2. The summed E-state index contributed by atoms with van der Waals surface area (Å²) in [6.45, 7) is 8.00. The highest BCUT2D eigenvalue weighted by Gasteiger charge is 2.16. The topological polar surface area (TPSA) is 92.5 Å². The number of pyridine rings is 2. The van der Waals surface area contributed by atoms with E-state index < -0.39 is 14.0 Å². The lowest BCUT2D eigenvalue weighted by molar-refractivity contribution is 0.0591. The Hall–Kier alpha value is -2.72. The third-order valence-electron chi connectivity index (χ3n) is 5.39. The van der Waals surface area contributed by atoms with Crippen LogP contribution in [0.2, 0.25) is 30.8 Å². The molecule has 0 saturated heterocycles. The van der Waals surface area contributed by atoms with E-state index in [4.69, 9.17) is 32.7 Å². The Morgan fingerprint density at radius 2 is 1.62 bits per heavy atom. The Morgan fingerprint density at radius 1 is 1.00 bits per heavy atom. The number of fused-ring (bicyclic) bond motifs is 2. The molecule has 3 aromatic heterocycles. The maximum Gasteiger partial charge on any atom is 0.339 e. The summed E-state index contributed by atoms with van der Waals surface area (Å²) in [4.78, 5) is 31.2. The summed E-state index contributed by atoms with van der Waals surface area (Å²) < 4.78 is 16.8. The Labute approximate surface area is 228 Å². The van der Waals surface area contributed by atoms with Crippen molar-refractivity contribution in [2.24, 2.45) is 0 Å². The van der Waals surface area contributed by atoms with E-state index in [1.54, 1.807) is 22.8 Å². The van der Waals surface area contributed by atoms with Crippen LogP contribution in [-0.2, 0) is 27.4 Å². The van der Waals surface area contributed by atoms with Crippen LogP contribution in [0.1, 0.15) is 39.4 Å². The number of rotatable bonds is 7. The van der Waals surface area contributed by atoms with E-state index in [0.29, 0.717) is 41.7 Å². The van der Waals surface area contributed by atoms with Crippen molar-refractivity contribution in [2.45, 2.75) is 46.3 Å². The largest absolute Gasteiger partial charge is 0.465 e. The van der Waals surface area contributed by atoms with E-state index in [-0.39, 0.29) is 13.4 Å². The Morgan fingerprint density at radius 3 is 2.24 bits per heavy atom. The van der Waals surface area contributed by atoms with Crippen molar-refractivity contribution in [3.05, 3.63) is 63.2 Å². The normalized spacial score (nSPS) is 12.1. The van der Waals surface area contributed by atoms with E-state index >= 15 is 0 Å². The van der Waals surface area contributed by atoms with Crippen LogP contribution in [0.25, 0.3) is 17.1 Å². The van der Waals surface area contributed by atoms with Crippen molar-refractivity contribution in [1.82, 2.24) is 14.5 Å². The summed E-state index contributed by atoms with van der Waals surface area (Å²) in [5.41, 5.74) is 3.36. The van der Waals surface area contributed by atoms with Gasteiger partial charge in [-0.05, 0) is 35.9 Å². The molecule has 0 saturated carbocycles. The minimum Gasteiger partial charge on any atom is -0.465 e. The highest BCUT2D eigenvalue weighted by Crippen LogP contribution is 2.26. The molecule has 0 atom stereocenters. The van der Waals surface area contributed by atoms with E-state index in [2.05, 4.69) is 34.3 Å². The number of nitrogens with zero attached hydrogens (tertiary/aromatic N) is 3. The molecule has 4 rings (SSSR count). The molecule has 3 heterocycles. The van der Waals surface area contributed by atoms with Gasteiger partial charge in [0.05, 0.1) is 31.0 Å². The Balaban J connectivity index is 0.000000277. The number of hydrogen-bond donors (Lipinski definition) is 0. The molecule has 200 valence electrons. The van der Waals surface area contributed by atoms with Crippen LogP contribution < -0.4 is 0 Å². The van der Waals surface area contributed by atoms with Crippen molar-refractivity contribution in [2.75, 3.05) is 20.8 Å². The highest BCUT2D eigenvalue weighted by molar-refractivity contribution is 6.76. The first-order chi connectivity index (χ1) is 17.0. The SMILES string of the molecule is C.COC(=O)c1cnc2c(c1)C=C(Cl)C2.COC(=O)c1cnc2c(c1)cc(Cl)n2COCC[Si](C)(C)C. The monoisotopic (exact) mass is 565 g/mol. The molecule has 0 bridgehead atoms. The van der Waals surface area contributed by atoms with E-state index in [0.717, 1.165) is 27.7 Å². The Kier molecular flexibility index (Phi) is 10.9. The standard InChI is InChI=1S/C15H21ClN2O3Si.C10H8ClNO2.CH4/c1-20-15(19)12-7-11-8-13(16)18(14(11)17-9-12)10-21-5-6-22(2,3)4;1-14-10(13)7-2-6-3-8(11)4-9(6)12-5-7;/h7-9H,5-6,10H2,1-4H3;2-3,5H,4H2,1H3;1H4. The van der Waals surface area contributed by atoms with Gasteiger partial charge < -0.3 is 14.2 Å². The second-order valence-corrected chi connectivity index (χ2v) is 15.9. The van der Waals surface area contributed by atoms with Gasteiger partial charge in [0.2, 0.25) is 0 Å². The van der Waals surface area contributed by atoms with Crippen LogP contribution in [0, 0.1) is 0 Å². The molecule has 1 aliphatic rings. The van der Waals surface area contributed by atoms with Crippen molar-refractivity contribution >= 4 is 60.3 Å². The quantitative estimate of drug-likeness (QED) is 0.185. The number of esters is 2. The summed E-state index contributed by atoms with van der Waals surface area (Å²) in [6, 6.07) is 6.34. The lowest BCUT2D eigenvalue weighted by Gasteiger charge is -2.16. The number of aromatic nitrogens is 3. The average Bonchev–Trinajstić information content (AvgIpc) is 3.37. The van der Waals surface area contributed by atoms with Gasteiger partial charge in [0, 0.05) is 43.9 Å². The van der Waals surface area contributed by atoms with Gasteiger partial charge >= 0.3 is 11.9 Å². The lowest BCUT2D eigenvalue weighted by atomic mass is 10.2. The molecule has 0 N–H and O–H groups in total. The fourth-order valence-corrected chi connectivity index (χ4v) is 4.64. The van der Waals surface area contributed by atoms with Crippen molar-refractivity contribution in [3.8, 4) is 0 Å². The first-order valence-electron chi connectivity index (χ1n) is 11.3. The van der Waals surface area contributed by atoms with Gasteiger partial charge in [0.25, 0.3) is 0 Å². The molecule has 0 unspecified atom stereocenters. The fraction of sp³-hybridized carbons (Fsp3) is 0.385. The molecular formula is C26H33Cl2N3O5Si. The molecular weight excluding hydrogens is 533 g/mol. The molecule has 37 heavy (non-hydrogen) atoms. The zero-order chi connectivity index (χ0) is 26.5. The first-order valence-corrected chi connectivity index (χ1v) is 15.7. The fourth-order valence-electron chi connectivity index (χ4n) is 3.39. The molecule has 0 radical (unpaired) electrons. The van der Waals surface area contributed by atoms with Crippen LogP contribution in [-0.4, -0.2) is 55.4 Å². The number of halogens is 2.